The lowest BCUT2D eigenvalue weighted by Crippen LogP contribution is -1.99. The van der Waals surface area contributed by atoms with Gasteiger partial charge in [0.05, 0.1) is 4.92 Å². The number of hydrogen-bond donors (Lipinski definition) is 0. The highest BCUT2D eigenvalue weighted by molar-refractivity contribution is 9.10. The molecule has 0 N–H and O–H groups in total. The molecule has 4 nitrogen and oxygen atoms in total. The van der Waals surface area contributed by atoms with Crippen molar-refractivity contribution >= 4 is 32.5 Å². The predicted octanol–water partition coefficient (Wildman–Crippen LogP) is 4.50. The Morgan fingerprint density at radius 3 is 2.71 bits per heavy atom. The van der Waals surface area contributed by atoms with Gasteiger partial charge in [0, 0.05) is 40.2 Å². The number of nitrogens with zero attached hydrogens (tertiary/aromatic N) is 2. The average Bonchev–Trinajstić information content (AvgIpc) is 2.83. The van der Waals surface area contributed by atoms with Gasteiger partial charge in [-0.1, -0.05) is 15.9 Å². The number of fused-ring (bicyclic) bond motifs is 1. The molecule has 6 heteroatoms. The topological polar surface area (TPSA) is 48.1 Å². The van der Waals surface area contributed by atoms with Crippen LogP contribution in [0, 0.1) is 15.9 Å². The van der Waals surface area contributed by atoms with E-state index in [0.717, 1.165) is 16.5 Å². The van der Waals surface area contributed by atoms with Crippen LogP contribution in [0.2, 0.25) is 0 Å². The van der Waals surface area contributed by atoms with Crippen molar-refractivity contribution in [2.24, 2.45) is 0 Å². The zero-order valence-corrected chi connectivity index (χ0v) is 12.4. The summed E-state index contributed by atoms with van der Waals surface area (Å²) in [4.78, 5) is 10.3. The normalized spacial score (nSPS) is 11.0. The van der Waals surface area contributed by atoms with Crippen molar-refractivity contribution in [1.82, 2.24) is 4.57 Å². The third-order valence-electron chi connectivity index (χ3n) is 3.32. The molecule has 21 heavy (non-hydrogen) atoms. The Hall–Kier alpha value is -2.21. The largest absolute Gasteiger partial charge is 0.343 e. The van der Waals surface area contributed by atoms with Crippen LogP contribution in [0.1, 0.15) is 5.56 Å². The van der Waals surface area contributed by atoms with Crippen molar-refractivity contribution in [2.45, 2.75) is 6.54 Å². The SMILES string of the molecule is O=[N+]([O-])c1ccc(Cn2ccc3cc(F)ccc32)c(Br)c1. The van der Waals surface area contributed by atoms with Gasteiger partial charge in [-0.05, 0) is 35.9 Å². The van der Waals surface area contributed by atoms with Gasteiger partial charge in [0.1, 0.15) is 5.82 Å². The molecule has 1 aromatic heterocycles. The number of hydrogen-bond acceptors (Lipinski definition) is 2. The fourth-order valence-electron chi connectivity index (χ4n) is 2.27. The quantitative estimate of drug-likeness (QED) is 0.516. The molecule has 0 aliphatic heterocycles. The maximum atomic E-state index is 13.2. The highest BCUT2D eigenvalue weighted by Crippen LogP contribution is 2.25. The van der Waals surface area contributed by atoms with Crippen LogP contribution >= 0.6 is 15.9 Å². The Bertz CT molecular complexity index is 845. The van der Waals surface area contributed by atoms with Gasteiger partial charge >= 0.3 is 0 Å². The predicted molar refractivity (Wildman–Crippen MR) is 81.8 cm³/mol. The van der Waals surface area contributed by atoms with Gasteiger partial charge in [0.2, 0.25) is 0 Å². The number of aromatic nitrogens is 1. The van der Waals surface area contributed by atoms with Crippen molar-refractivity contribution < 1.29 is 9.31 Å². The lowest BCUT2D eigenvalue weighted by molar-refractivity contribution is -0.384. The van der Waals surface area contributed by atoms with E-state index in [2.05, 4.69) is 15.9 Å². The van der Waals surface area contributed by atoms with E-state index in [4.69, 9.17) is 0 Å². The second-order valence-corrected chi connectivity index (χ2v) is 5.53. The van der Waals surface area contributed by atoms with Gasteiger partial charge in [0.25, 0.3) is 5.69 Å². The molecule has 1 heterocycles. The van der Waals surface area contributed by atoms with Gasteiger partial charge in [-0.2, -0.15) is 0 Å². The second-order valence-electron chi connectivity index (χ2n) is 4.68. The van der Waals surface area contributed by atoms with E-state index in [-0.39, 0.29) is 11.5 Å². The average molecular weight is 349 g/mol. The van der Waals surface area contributed by atoms with Gasteiger partial charge < -0.3 is 4.57 Å². The maximum absolute atomic E-state index is 13.2. The molecule has 0 saturated heterocycles. The molecular weight excluding hydrogens is 339 g/mol. The van der Waals surface area contributed by atoms with Crippen molar-refractivity contribution in [3.05, 3.63) is 74.6 Å². The number of halogens is 2. The molecule has 3 rings (SSSR count). The van der Waals surface area contributed by atoms with E-state index >= 15 is 0 Å². The monoisotopic (exact) mass is 348 g/mol. The molecule has 0 aliphatic rings. The van der Waals surface area contributed by atoms with E-state index in [0.29, 0.717) is 11.0 Å². The first kappa shape index (κ1) is 13.8. The lowest BCUT2D eigenvalue weighted by atomic mass is 10.2. The Balaban J connectivity index is 1.97. The summed E-state index contributed by atoms with van der Waals surface area (Å²) in [5.74, 6) is -0.267. The number of benzene rings is 2. The summed E-state index contributed by atoms with van der Waals surface area (Å²) in [6.07, 6.45) is 1.87. The minimum atomic E-state index is -0.428. The summed E-state index contributed by atoms with van der Waals surface area (Å²) in [6.45, 7) is 0.549. The zero-order valence-electron chi connectivity index (χ0n) is 10.8. The van der Waals surface area contributed by atoms with Crippen molar-refractivity contribution in [2.75, 3.05) is 0 Å². The Labute approximate surface area is 128 Å². The molecule has 0 bridgehead atoms. The highest BCUT2D eigenvalue weighted by atomic mass is 79.9. The number of nitro benzene ring substituents is 1. The molecule has 0 radical (unpaired) electrons. The van der Waals surface area contributed by atoms with Crippen LogP contribution in [0.4, 0.5) is 10.1 Å². The minimum absolute atomic E-state index is 0.0464. The molecule has 0 aliphatic carbocycles. The Morgan fingerprint density at radius 2 is 2.00 bits per heavy atom. The number of nitro groups is 1. The molecule has 3 aromatic rings. The molecule has 2 aromatic carbocycles. The summed E-state index contributed by atoms with van der Waals surface area (Å²) >= 11 is 3.36. The molecule has 0 unspecified atom stereocenters. The zero-order chi connectivity index (χ0) is 15.0. The Kier molecular flexibility index (Phi) is 3.47. The fourth-order valence-corrected chi connectivity index (χ4v) is 2.76. The Morgan fingerprint density at radius 1 is 1.19 bits per heavy atom. The van der Waals surface area contributed by atoms with Crippen LogP contribution in [-0.4, -0.2) is 9.49 Å². The molecule has 0 amide bonds. The number of rotatable bonds is 3. The summed E-state index contributed by atoms with van der Waals surface area (Å²) in [5.41, 5.74) is 1.88. The molecule has 0 atom stereocenters. The summed E-state index contributed by atoms with van der Waals surface area (Å²) in [6, 6.07) is 11.2. The standard InChI is InChI=1S/C15H10BrFN2O2/c16-14-8-13(19(20)21)3-1-11(14)9-18-6-5-10-7-12(17)2-4-15(10)18/h1-8H,9H2. The van der Waals surface area contributed by atoms with Gasteiger partial charge in [-0.15, -0.1) is 0 Å². The van der Waals surface area contributed by atoms with E-state index in [1.165, 1.54) is 24.3 Å². The number of non-ortho nitro benzene ring substituents is 1. The van der Waals surface area contributed by atoms with Crippen molar-refractivity contribution in [1.29, 1.82) is 0 Å². The lowest BCUT2D eigenvalue weighted by Gasteiger charge is -2.08. The van der Waals surface area contributed by atoms with Gasteiger partial charge in [-0.25, -0.2) is 4.39 Å². The third-order valence-corrected chi connectivity index (χ3v) is 4.06. The van der Waals surface area contributed by atoms with Gasteiger partial charge in [-0.3, -0.25) is 10.1 Å². The van der Waals surface area contributed by atoms with E-state index in [9.17, 15) is 14.5 Å². The highest BCUT2D eigenvalue weighted by Gasteiger charge is 2.10. The van der Waals surface area contributed by atoms with E-state index in [1.54, 1.807) is 12.1 Å². The van der Waals surface area contributed by atoms with E-state index < -0.39 is 4.92 Å². The van der Waals surface area contributed by atoms with Crippen molar-refractivity contribution in [3.63, 3.8) is 0 Å². The fraction of sp³-hybridized carbons (Fsp3) is 0.0667. The summed E-state index contributed by atoms with van der Waals surface area (Å²) in [5, 5.41) is 11.6. The third kappa shape index (κ3) is 2.67. The first-order valence-electron chi connectivity index (χ1n) is 6.22. The molecule has 0 fully saturated rings. The summed E-state index contributed by atoms with van der Waals surface area (Å²) in [7, 11) is 0. The van der Waals surface area contributed by atoms with Crippen LogP contribution in [0.3, 0.4) is 0 Å². The minimum Gasteiger partial charge on any atom is -0.343 e. The van der Waals surface area contributed by atoms with E-state index in [1.807, 2.05) is 16.8 Å². The van der Waals surface area contributed by atoms with Crippen LogP contribution in [0.25, 0.3) is 10.9 Å². The first-order chi connectivity index (χ1) is 10.0. The molecular formula is C15H10BrFN2O2. The first-order valence-corrected chi connectivity index (χ1v) is 7.01. The second kappa shape index (κ2) is 5.29. The molecule has 0 saturated carbocycles. The molecule has 0 spiro atoms. The maximum Gasteiger partial charge on any atom is 0.270 e. The summed E-state index contributed by atoms with van der Waals surface area (Å²) < 4.78 is 15.8. The molecule has 106 valence electrons. The van der Waals surface area contributed by atoms with Crippen LogP contribution in [-0.2, 0) is 6.54 Å². The smallest absolute Gasteiger partial charge is 0.270 e. The van der Waals surface area contributed by atoms with Crippen LogP contribution < -0.4 is 0 Å². The van der Waals surface area contributed by atoms with Crippen LogP contribution in [0.5, 0.6) is 0 Å². The van der Waals surface area contributed by atoms with Crippen LogP contribution in [0.15, 0.2) is 53.1 Å². The van der Waals surface area contributed by atoms with Crippen molar-refractivity contribution in [3.8, 4) is 0 Å². The van der Waals surface area contributed by atoms with Gasteiger partial charge in [0.15, 0.2) is 0 Å².